The smallest absolute Gasteiger partial charge is 0.307 e. The van der Waals surface area contributed by atoms with Crippen LogP contribution in [0.1, 0.15) is 49.9 Å². The molecule has 1 aromatic heterocycles. The first-order valence-electron chi connectivity index (χ1n) is 12.0. The molecule has 0 fully saturated rings. The van der Waals surface area contributed by atoms with Gasteiger partial charge < -0.3 is 19.4 Å². The van der Waals surface area contributed by atoms with Crippen molar-refractivity contribution in [3.05, 3.63) is 88.3 Å². The monoisotopic (exact) mass is 490 g/mol. The van der Waals surface area contributed by atoms with Crippen molar-refractivity contribution in [2.24, 2.45) is 5.92 Å². The lowest BCUT2D eigenvalue weighted by atomic mass is 9.94. The van der Waals surface area contributed by atoms with Crippen LogP contribution in [0.5, 0.6) is 5.75 Å². The van der Waals surface area contributed by atoms with Crippen LogP contribution in [0.2, 0.25) is 0 Å². The summed E-state index contributed by atoms with van der Waals surface area (Å²) in [5.41, 5.74) is 3.40. The Bertz CT molecular complexity index is 1260. The minimum absolute atomic E-state index is 0.0557. The lowest BCUT2D eigenvalue weighted by molar-refractivity contribution is -0.141. The number of esters is 1. The standard InChI is InChI=1S/C29H34N2O5/c1-19(2)16-25(31-15-9-8-12-27(31)32)29(34)30-24(18-28(33)36-5)21-13-14-26(35-4)23(17-21)22-11-7-6-10-20(22)3/h6-15,17,19,24-25H,16,18H2,1-5H3,(H,30,34). The Labute approximate surface area is 212 Å². The molecule has 1 heterocycles. The molecular formula is C29H34N2O5. The number of rotatable bonds is 10. The van der Waals surface area contributed by atoms with Gasteiger partial charge in [-0.2, -0.15) is 0 Å². The van der Waals surface area contributed by atoms with E-state index in [4.69, 9.17) is 9.47 Å². The highest BCUT2D eigenvalue weighted by atomic mass is 16.5. The maximum atomic E-state index is 13.6. The lowest BCUT2D eigenvalue weighted by Crippen LogP contribution is -2.40. The molecule has 7 nitrogen and oxygen atoms in total. The van der Waals surface area contributed by atoms with Gasteiger partial charge in [0.1, 0.15) is 11.8 Å². The van der Waals surface area contributed by atoms with Crippen molar-refractivity contribution in [3.8, 4) is 16.9 Å². The van der Waals surface area contributed by atoms with Crippen LogP contribution >= 0.6 is 0 Å². The Hall–Kier alpha value is -3.87. The molecule has 36 heavy (non-hydrogen) atoms. The van der Waals surface area contributed by atoms with Gasteiger partial charge in [0.25, 0.3) is 5.56 Å². The number of carbonyl (C=O) groups excluding carboxylic acids is 2. The average molecular weight is 491 g/mol. The van der Waals surface area contributed by atoms with Crippen LogP contribution in [0, 0.1) is 12.8 Å². The van der Waals surface area contributed by atoms with E-state index in [9.17, 15) is 14.4 Å². The Balaban J connectivity index is 2.03. The van der Waals surface area contributed by atoms with Gasteiger partial charge in [-0.3, -0.25) is 14.4 Å². The van der Waals surface area contributed by atoms with E-state index in [1.165, 1.54) is 17.7 Å². The second-order valence-electron chi connectivity index (χ2n) is 9.21. The number of hydrogen-bond acceptors (Lipinski definition) is 5. The van der Waals surface area contributed by atoms with E-state index in [-0.39, 0.29) is 23.8 Å². The number of nitrogens with zero attached hydrogens (tertiary/aromatic N) is 1. The molecule has 0 radical (unpaired) electrons. The third-order valence-corrected chi connectivity index (χ3v) is 6.16. The quantitative estimate of drug-likeness (QED) is 0.411. The molecule has 2 atom stereocenters. The number of pyridine rings is 1. The summed E-state index contributed by atoms with van der Waals surface area (Å²) in [5, 5.41) is 3.02. The highest BCUT2D eigenvalue weighted by Gasteiger charge is 2.27. The van der Waals surface area contributed by atoms with E-state index in [2.05, 4.69) is 5.32 Å². The van der Waals surface area contributed by atoms with E-state index >= 15 is 0 Å². The summed E-state index contributed by atoms with van der Waals surface area (Å²) in [4.78, 5) is 38.4. The summed E-state index contributed by atoms with van der Waals surface area (Å²) >= 11 is 0. The second kappa shape index (κ2) is 12.2. The minimum atomic E-state index is -0.715. The third kappa shape index (κ3) is 6.42. The zero-order valence-electron chi connectivity index (χ0n) is 21.5. The summed E-state index contributed by atoms with van der Waals surface area (Å²) in [6, 6.07) is 17.0. The van der Waals surface area contributed by atoms with Crippen molar-refractivity contribution < 1.29 is 19.1 Å². The number of aromatic nitrogens is 1. The molecule has 3 aromatic rings. The number of nitrogens with one attached hydrogen (secondary N) is 1. The predicted molar refractivity (Wildman–Crippen MR) is 140 cm³/mol. The molecular weight excluding hydrogens is 456 g/mol. The lowest BCUT2D eigenvalue weighted by Gasteiger charge is -2.25. The van der Waals surface area contributed by atoms with Gasteiger partial charge in [-0.25, -0.2) is 0 Å². The average Bonchev–Trinajstić information content (AvgIpc) is 2.87. The number of methoxy groups -OCH3 is 2. The molecule has 3 rings (SSSR count). The first-order chi connectivity index (χ1) is 17.2. The van der Waals surface area contributed by atoms with Gasteiger partial charge in [-0.1, -0.05) is 50.2 Å². The zero-order valence-corrected chi connectivity index (χ0v) is 21.5. The molecule has 190 valence electrons. The van der Waals surface area contributed by atoms with Crippen LogP contribution in [0.15, 0.2) is 71.7 Å². The van der Waals surface area contributed by atoms with Crippen molar-refractivity contribution in [1.82, 2.24) is 9.88 Å². The molecule has 0 saturated heterocycles. The van der Waals surface area contributed by atoms with Gasteiger partial charge in [0.05, 0.1) is 26.7 Å². The van der Waals surface area contributed by atoms with Crippen molar-refractivity contribution in [1.29, 1.82) is 0 Å². The summed E-state index contributed by atoms with van der Waals surface area (Å²) in [6.07, 6.45) is 2.03. The molecule has 1 amide bonds. The molecule has 0 aliphatic rings. The number of benzene rings is 2. The SMILES string of the molecule is COC(=O)CC(NC(=O)C(CC(C)C)n1ccccc1=O)c1ccc(OC)c(-c2ccccc2C)c1. The first-order valence-corrected chi connectivity index (χ1v) is 12.0. The largest absolute Gasteiger partial charge is 0.496 e. The Morgan fingerprint density at radius 2 is 1.69 bits per heavy atom. The van der Waals surface area contributed by atoms with E-state index in [1.807, 2.05) is 63.2 Å². The van der Waals surface area contributed by atoms with E-state index in [0.717, 1.165) is 22.3 Å². The normalized spacial score (nSPS) is 12.6. The van der Waals surface area contributed by atoms with Crippen molar-refractivity contribution in [2.75, 3.05) is 14.2 Å². The fourth-order valence-corrected chi connectivity index (χ4v) is 4.29. The van der Waals surface area contributed by atoms with Crippen molar-refractivity contribution in [2.45, 2.75) is 45.7 Å². The fraction of sp³-hybridized carbons (Fsp3) is 0.345. The second-order valence-corrected chi connectivity index (χ2v) is 9.21. The Kier molecular flexibility index (Phi) is 9.06. The van der Waals surface area contributed by atoms with Crippen molar-refractivity contribution in [3.63, 3.8) is 0 Å². The van der Waals surface area contributed by atoms with E-state index < -0.39 is 18.1 Å². The van der Waals surface area contributed by atoms with Crippen LogP contribution in [-0.2, 0) is 14.3 Å². The summed E-state index contributed by atoms with van der Waals surface area (Å²) in [7, 11) is 2.93. The summed E-state index contributed by atoms with van der Waals surface area (Å²) < 4.78 is 12.0. The van der Waals surface area contributed by atoms with Crippen LogP contribution in [0.25, 0.3) is 11.1 Å². The highest BCUT2D eigenvalue weighted by Crippen LogP contribution is 2.35. The number of hydrogen-bond donors (Lipinski definition) is 1. The van der Waals surface area contributed by atoms with Gasteiger partial charge in [0, 0.05) is 17.8 Å². The molecule has 0 saturated carbocycles. The molecule has 2 aromatic carbocycles. The van der Waals surface area contributed by atoms with Crippen LogP contribution < -0.4 is 15.6 Å². The maximum absolute atomic E-state index is 13.6. The van der Waals surface area contributed by atoms with Crippen LogP contribution in [0.4, 0.5) is 0 Å². The number of carbonyl (C=O) groups is 2. The highest BCUT2D eigenvalue weighted by molar-refractivity contribution is 5.82. The molecule has 0 bridgehead atoms. The molecule has 0 aliphatic carbocycles. The van der Waals surface area contributed by atoms with E-state index in [1.54, 1.807) is 25.4 Å². The number of amides is 1. The Morgan fingerprint density at radius 1 is 0.972 bits per heavy atom. The summed E-state index contributed by atoms with van der Waals surface area (Å²) in [5.74, 6) is 0.0651. The van der Waals surface area contributed by atoms with Crippen LogP contribution in [0.3, 0.4) is 0 Å². The number of ether oxygens (including phenoxy) is 2. The van der Waals surface area contributed by atoms with E-state index in [0.29, 0.717) is 12.2 Å². The van der Waals surface area contributed by atoms with Gasteiger partial charge in [-0.15, -0.1) is 0 Å². The molecule has 0 aliphatic heterocycles. The maximum Gasteiger partial charge on any atom is 0.307 e. The third-order valence-electron chi connectivity index (χ3n) is 6.16. The fourth-order valence-electron chi connectivity index (χ4n) is 4.29. The minimum Gasteiger partial charge on any atom is -0.496 e. The molecule has 1 N–H and O–H groups in total. The topological polar surface area (TPSA) is 86.6 Å². The van der Waals surface area contributed by atoms with Gasteiger partial charge >= 0.3 is 5.97 Å². The summed E-state index contributed by atoms with van der Waals surface area (Å²) in [6.45, 7) is 6.01. The predicted octanol–water partition coefficient (Wildman–Crippen LogP) is 4.84. The molecule has 2 unspecified atom stereocenters. The van der Waals surface area contributed by atoms with Gasteiger partial charge in [-0.05, 0) is 54.2 Å². The first kappa shape index (κ1) is 26.7. The number of aryl methyl sites for hydroxylation is 1. The zero-order chi connectivity index (χ0) is 26.2. The van der Waals surface area contributed by atoms with Crippen molar-refractivity contribution >= 4 is 11.9 Å². The molecule has 0 spiro atoms. The van der Waals surface area contributed by atoms with Crippen LogP contribution in [-0.4, -0.2) is 30.7 Å². The van der Waals surface area contributed by atoms with Gasteiger partial charge in [0.15, 0.2) is 0 Å². The molecule has 7 heteroatoms. The van der Waals surface area contributed by atoms with Gasteiger partial charge in [0.2, 0.25) is 5.91 Å². The Morgan fingerprint density at radius 3 is 2.33 bits per heavy atom.